The maximum atomic E-state index is 10.7. The second kappa shape index (κ2) is 2.94. The Kier molecular flexibility index (Phi) is 2.14. The summed E-state index contributed by atoms with van der Waals surface area (Å²) in [4.78, 5) is 10.7. The second-order valence-electron chi connectivity index (χ2n) is 2.69. The van der Waals surface area contributed by atoms with Crippen molar-refractivity contribution in [3.8, 4) is 0 Å². The minimum Gasteiger partial charge on any atom is -0.368 e. The normalized spacial score (nSPS) is 12.9. The maximum Gasteiger partial charge on any atom is 0.239 e. The fraction of sp³-hybridized carbons (Fsp3) is 0.429. The molecule has 1 atom stereocenters. The number of carbonyl (C=O) groups excluding carboxylic acids is 1. The van der Waals surface area contributed by atoms with E-state index in [1.54, 1.807) is 17.9 Å². The molecule has 0 aliphatic rings. The first-order valence-electron chi connectivity index (χ1n) is 3.57. The lowest BCUT2D eigenvalue weighted by atomic mass is 10.1. The number of carbonyl (C=O) groups is 1. The van der Waals surface area contributed by atoms with Gasteiger partial charge in [-0.3, -0.25) is 9.48 Å². The smallest absolute Gasteiger partial charge is 0.239 e. The van der Waals surface area contributed by atoms with E-state index in [0.717, 1.165) is 5.69 Å². The molecule has 5 nitrogen and oxygen atoms in total. The van der Waals surface area contributed by atoms with Gasteiger partial charge in [0.15, 0.2) is 0 Å². The zero-order chi connectivity index (χ0) is 9.30. The molecular weight excluding hydrogens is 156 g/mol. The van der Waals surface area contributed by atoms with Crippen LogP contribution in [-0.4, -0.2) is 15.7 Å². The Morgan fingerprint density at radius 3 is 2.67 bits per heavy atom. The van der Waals surface area contributed by atoms with E-state index in [9.17, 15) is 4.79 Å². The highest BCUT2D eigenvalue weighted by Gasteiger charge is 2.16. The monoisotopic (exact) mass is 168 g/mol. The molecule has 0 aliphatic heterocycles. The van der Waals surface area contributed by atoms with Crippen molar-refractivity contribution in [2.45, 2.75) is 13.0 Å². The lowest BCUT2D eigenvalue weighted by Crippen LogP contribution is -2.28. The number of nitrogens with zero attached hydrogens (tertiary/aromatic N) is 2. The molecule has 5 heteroatoms. The standard InChI is InChI=1S/C7H12N4O/c1-4-5(3-10-11(4)2)6(8)7(9)12/h3,6H,8H2,1-2H3,(H2,9,12). The molecule has 1 aromatic heterocycles. The Hall–Kier alpha value is -1.36. The molecule has 0 saturated heterocycles. The van der Waals surface area contributed by atoms with Crippen LogP contribution in [0.5, 0.6) is 0 Å². The maximum absolute atomic E-state index is 10.7. The van der Waals surface area contributed by atoms with Gasteiger partial charge < -0.3 is 11.5 Å². The lowest BCUT2D eigenvalue weighted by molar-refractivity contribution is -0.119. The van der Waals surface area contributed by atoms with Crippen LogP contribution in [0.2, 0.25) is 0 Å². The van der Waals surface area contributed by atoms with Crippen molar-refractivity contribution in [1.82, 2.24) is 9.78 Å². The minimum absolute atomic E-state index is 0.536. The highest BCUT2D eigenvalue weighted by Crippen LogP contribution is 2.13. The molecular formula is C7H12N4O. The van der Waals surface area contributed by atoms with Crippen LogP contribution in [0.15, 0.2) is 6.20 Å². The van der Waals surface area contributed by atoms with E-state index in [4.69, 9.17) is 11.5 Å². The highest BCUT2D eigenvalue weighted by molar-refractivity contribution is 5.81. The zero-order valence-electron chi connectivity index (χ0n) is 7.11. The zero-order valence-corrected chi connectivity index (χ0v) is 7.11. The van der Waals surface area contributed by atoms with Gasteiger partial charge in [-0.25, -0.2) is 0 Å². The Bertz CT molecular complexity index is 304. The first kappa shape index (κ1) is 8.73. The summed E-state index contributed by atoms with van der Waals surface area (Å²) in [6.07, 6.45) is 1.56. The Morgan fingerprint density at radius 1 is 1.75 bits per heavy atom. The fourth-order valence-corrected chi connectivity index (χ4v) is 0.974. The number of primary amides is 1. The van der Waals surface area contributed by atoms with Crippen LogP contribution in [0.1, 0.15) is 17.3 Å². The van der Waals surface area contributed by atoms with Crippen molar-refractivity contribution < 1.29 is 4.79 Å². The van der Waals surface area contributed by atoms with E-state index in [2.05, 4.69) is 5.10 Å². The Labute approximate surface area is 70.3 Å². The van der Waals surface area contributed by atoms with Crippen LogP contribution in [0, 0.1) is 6.92 Å². The Balaban J connectivity index is 3.03. The fourth-order valence-electron chi connectivity index (χ4n) is 0.974. The van der Waals surface area contributed by atoms with Gasteiger partial charge in [0.05, 0.1) is 6.20 Å². The van der Waals surface area contributed by atoms with Crippen LogP contribution in [0.3, 0.4) is 0 Å². The van der Waals surface area contributed by atoms with Gasteiger partial charge in [-0.05, 0) is 6.92 Å². The number of nitrogens with two attached hydrogens (primary N) is 2. The lowest BCUT2D eigenvalue weighted by Gasteiger charge is -2.05. The van der Waals surface area contributed by atoms with Gasteiger partial charge in [0, 0.05) is 18.3 Å². The molecule has 0 bridgehead atoms. The molecule has 1 amide bonds. The summed E-state index contributed by atoms with van der Waals surface area (Å²) >= 11 is 0. The summed E-state index contributed by atoms with van der Waals surface area (Å²) < 4.78 is 1.65. The third kappa shape index (κ3) is 1.31. The molecule has 1 aromatic rings. The third-order valence-electron chi connectivity index (χ3n) is 1.91. The van der Waals surface area contributed by atoms with Gasteiger partial charge in [-0.1, -0.05) is 0 Å². The molecule has 0 spiro atoms. The number of hydrogen-bond acceptors (Lipinski definition) is 3. The molecule has 4 N–H and O–H groups in total. The number of amides is 1. The molecule has 0 radical (unpaired) electrons. The van der Waals surface area contributed by atoms with Crippen LogP contribution in [0.4, 0.5) is 0 Å². The number of rotatable bonds is 2. The summed E-state index contributed by atoms with van der Waals surface area (Å²) in [6.45, 7) is 1.84. The molecule has 0 aromatic carbocycles. The Morgan fingerprint density at radius 2 is 2.33 bits per heavy atom. The summed E-state index contributed by atoms with van der Waals surface area (Å²) in [6, 6.07) is -0.751. The minimum atomic E-state index is -0.751. The van der Waals surface area contributed by atoms with Crippen LogP contribution >= 0.6 is 0 Å². The average molecular weight is 168 g/mol. The highest BCUT2D eigenvalue weighted by atomic mass is 16.1. The molecule has 0 fully saturated rings. The van der Waals surface area contributed by atoms with Crippen LogP contribution < -0.4 is 11.5 Å². The first-order chi connectivity index (χ1) is 5.54. The third-order valence-corrected chi connectivity index (χ3v) is 1.91. The quantitative estimate of drug-likeness (QED) is 0.607. The average Bonchev–Trinajstić information content (AvgIpc) is 2.32. The first-order valence-corrected chi connectivity index (χ1v) is 3.57. The van der Waals surface area contributed by atoms with Crippen molar-refractivity contribution in [3.05, 3.63) is 17.5 Å². The van der Waals surface area contributed by atoms with Gasteiger partial charge in [0.25, 0.3) is 0 Å². The summed E-state index contributed by atoms with van der Waals surface area (Å²) in [5.41, 5.74) is 12.1. The van der Waals surface area contributed by atoms with Gasteiger partial charge in [-0.2, -0.15) is 5.10 Å². The summed E-state index contributed by atoms with van der Waals surface area (Å²) in [5, 5.41) is 3.95. The summed E-state index contributed by atoms with van der Waals surface area (Å²) in [7, 11) is 1.78. The van der Waals surface area contributed by atoms with Gasteiger partial charge in [0.2, 0.25) is 5.91 Å². The van der Waals surface area contributed by atoms with Crippen molar-refractivity contribution >= 4 is 5.91 Å². The molecule has 1 heterocycles. The molecule has 0 saturated carbocycles. The largest absolute Gasteiger partial charge is 0.368 e. The van der Waals surface area contributed by atoms with E-state index in [0.29, 0.717) is 5.56 Å². The molecule has 66 valence electrons. The van der Waals surface area contributed by atoms with Crippen molar-refractivity contribution in [2.24, 2.45) is 18.5 Å². The second-order valence-corrected chi connectivity index (χ2v) is 2.69. The predicted octanol–water partition coefficient (Wildman–Crippen LogP) is -0.786. The van der Waals surface area contributed by atoms with E-state index < -0.39 is 11.9 Å². The van der Waals surface area contributed by atoms with Gasteiger partial charge >= 0.3 is 0 Å². The van der Waals surface area contributed by atoms with Crippen molar-refractivity contribution in [1.29, 1.82) is 0 Å². The number of hydrogen-bond donors (Lipinski definition) is 2. The van der Waals surface area contributed by atoms with E-state index in [1.807, 2.05) is 6.92 Å². The van der Waals surface area contributed by atoms with Crippen molar-refractivity contribution in [3.63, 3.8) is 0 Å². The van der Waals surface area contributed by atoms with E-state index in [1.165, 1.54) is 0 Å². The molecule has 1 rings (SSSR count). The van der Waals surface area contributed by atoms with Crippen molar-refractivity contribution in [2.75, 3.05) is 0 Å². The SMILES string of the molecule is Cc1c(C(N)C(N)=O)cnn1C. The van der Waals surface area contributed by atoms with E-state index >= 15 is 0 Å². The number of aromatic nitrogens is 2. The summed E-state index contributed by atoms with van der Waals surface area (Å²) in [5.74, 6) is -0.536. The molecule has 0 aliphatic carbocycles. The van der Waals surface area contributed by atoms with Crippen LogP contribution in [-0.2, 0) is 11.8 Å². The predicted molar refractivity (Wildman–Crippen MR) is 44.1 cm³/mol. The van der Waals surface area contributed by atoms with E-state index in [-0.39, 0.29) is 0 Å². The molecule has 1 unspecified atom stereocenters. The topological polar surface area (TPSA) is 86.9 Å². The molecule has 12 heavy (non-hydrogen) atoms. The van der Waals surface area contributed by atoms with Gasteiger partial charge in [-0.15, -0.1) is 0 Å². The van der Waals surface area contributed by atoms with Gasteiger partial charge in [0.1, 0.15) is 6.04 Å². The number of aryl methyl sites for hydroxylation is 1. The van der Waals surface area contributed by atoms with Crippen LogP contribution in [0.25, 0.3) is 0 Å².